The Balaban J connectivity index is 5.39. The SMILES string of the molecule is CC(C)OC(F)(F)C(F)(F)C(F)(F)[Si](Cl)(Cl)Cl. The lowest BCUT2D eigenvalue weighted by Crippen LogP contribution is -2.63. The molecule has 0 spiro atoms. The maximum Gasteiger partial charge on any atom is 0.425 e. The predicted molar refractivity (Wildman–Crippen MR) is 54.4 cm³/mol. The summed E-state index contributed by atoms with van der Waals surface area (Å²) in [6, 6.07) is -5.41. The molecule has 0 aliphatic heterocycles. The number of hydrogen-bond acceptors (Lipinski definition) is 1. The first-order chi connectivity index (χ1) is 7.17. The van der Waals surface area contributed by atoms with Crippen LogP contribution in [-0.2, 0) is 4.74 Å². The first-order valence-corrected chi connectivity index (χ1v) is 9.08. The minimum absolute atomic E-state index is 0.967. The summed E-state index contributed by atoms with van der Waals surface area (Å²) >= 11 is 14.1. The second-order valence-electron chi connectivity index (χ2n) is 3.33. The zero-order valence-electron chi connectivity index (χ0n) is 8.39. The maximum atomic E-state index is 13.0. The van der Waals surface area contributed by atoms with Crippen LogP contribution in [0, 0.1) is 0 Å². The third kappa shape index (κ3) is 3.34. The van der Waals surface area contributed by atoms with E-state index in [0.29, 0.717) is 0 Å². The van der Waals surface area contributed by atoms with Gasteiger partial charge in [0.25, 0.3) is 0 Å². The van der Waals surface area contributed by atoms with Gasteiger partial charge in [0, 0.05) is 0 Å². The van der Waals surface area contributed by atoms with E-state index < -0.39 is 29.7 Å². The quantitative estimate of drug-likeness (QED) is 0.406. The molecule has 0 fully saturated rings. The summed E-state index contributed by atoms with van der Waals surface area (Å²) in [6.45, 7) is 1.93. The zero-order chi connectivity index (χ0) is 14.3. The van der Waals surface area contributed by atoms with Gasteiger partial charge in [-0.3, -0.25) is 0 Å². The van der Waals surface area contributed by atoms with Gasteiger partial charge >= 0.3 is 23.6 Å². The van der Waals surface area contributed by atoms with Gasteiger partial charge in [0.1, 0.15) is 0 Å². The molecular formula is C6H7Cl3F6OSi. The van der Waals surface area contributed by atoms with E-state index in [4.69, 9.17) is 33.2 Å². The number of rotatable bonds is 5. The fourth-order valence-electron chi connectivity index (χ4n) is 0.731. The largest absolute Gasteiger partial charge is 0.425 e. The topological polar surface area (TPSA) is 9.23 Å². The van der Waals surface area contributed by atoms with Crippen molar-refractivity contribution in [2.75, 3.05) is 0 Å². The first kappa shape index (κ1) is 17.6. The molecule has 0 aromatic rings. The molecule has 0 atom stereocenters. The Morgan fingerprint density at radius 1 is 0.941 bits per heavy atom. The van der Waals surface area contributed by atoms with Crippen LogP contribution >= 0.6 is 33.2 Å². The summed E-state index contributed by atoms with van der Waals surface area (Å²) in [5, 5.41) is 0. The van der Waals surface area contributed by atoms with Crippen LogP contribution < -0.4 is 0 Å². The van der Waals surface area contributed by atoms with Gasteiger partial charge in [0.05, 0.1) is 6.10 Å². The van der Waals surface area contributed by atoms with Gasteiger partial charge in [-0.15, -0.1) is 33.2 Å². The predicted octanol–water partition coefficient (Wildman–Crippen LogP) is 4.47. The molecule has 0 unspecified atom stereocenters. The average molecular weight is 344 g/mol. The third-order valence-electron chi connectivity index (χ3n) is 1.50. The van der Waals surface area contributed by atoms with Crippen molar-refractivity contribution >= 4 is 39.2 Å². The van der Waals surface area contributed by atoms with Gasteiger partial charge < -0.3 is 4.74 Å². The Morgan fingerprint density at radius 3 is 1.53 bits per heavy atom. The normalized spacial score (nSPS) is 15.5. The van der Waals surface area contributed by atoms with Gasteiger partial charge in [-0.1, -0.05) is 0 Å². The third-order valence-corrected chi connectivity index (χ3v) is 4.66. The summed E-state index contributed by atoms with van der Waals surface area (Å²) in [4.78, 5) is 0. The number of ether oxygens (including phenoxy) is 1. The Morgan fingerprint density at radius 2 is 1.29 bits per heavy atom. The molecule has 0 heterocycles. The van der Waals surface area contributed by atoms with E-state index in [9.17, 15) is 26.3 Å². The van der Waals surface area contributed by atoms with E-state index in [-0.39, 0.29) is 0 Å². The average Bonchev–Trinajstić information content (AvgIpc) is 1.98. The van der Waals surface area contributed by atoms with Crippen molar-refractivity contribution in [3.63, 3.8) is 0 Å². The lowest BCUT2D eigenvalue weighted by molar-refractivity contribution is -0.391. The van der Waals surface area contributed by atoms with Crippen LogP contribution in [-0.4, -0.2) is 29.7 Å². The number of alkyl halides is 6. The Hall–Kier alpha value is 0.627. The van der Waals surface area contributed by atoms with Crippen LogP contribution in [0.5, 0.6) is 0 Å². The molecular weight excluding hydrogens is 336 g/mol. The Bertz CT molecular complexity index is 279. The molecule has 0 saturated heterocycles. The highest BCUT2D eigenvalue weighted by Crippen LogP contribution is 2.53. The van der Waals surface area contributed by atoms with Gasteiger partial charge in [0.15, 0.2) is 0 Å². The van der Waals surface area contributed by atoms with Crippen molar-refractivity contribution in [1.82, 2.24) is 0 Å². The lowest BCUT2D eigenvalue weighted by atomic mass is 10.3. The van der Waals surface area contributed by atoms with Gasteiger partial charge in [-0.25, -0.2) is 0 Å². The van der Waals surface area contributed by atoms with E-state index in [1.54, 1.807) is 0 Å². The molecule has 0 N–H and O–H groups in total. The molecule has 104 valence electrons. The van der Waals surface area contributed by atoms with Gasteiger partial charge in [0.2, 0.25) is 0 Å². The van der Waals surface area contributed by atoms with Gasteiger partial charge in [-0.05, 0) is 13.8 Å². The standard InChI is InChI=1S/C6H7Cl3F6OSi/c1-3(2)16-5(12,13)4(10,11)6(14,15)17(7,8)9/h3H,1-2H3. The molecule has 0 saturated carbocycles. The molecule has 0 rings (SSSR count). The van der Waals surface area contributed by atoms with Crippen LogP contribution in [0.15, 0.2) is 0 Å². The monoisotopic (exact) mass is 342 g/mol. The molecule has 0 aromatic heterocycles. The summed E-state index contributed by atoms with van der Waals surface area (Å²) < 4.78 is 81.2. The van der Waals surface area contributed by atoms with E-state index in [1.807, 2.05) is 0 Å². The minimum Gasteiger partial charge on any atom is -0.313 e. The number of halogens is 9. The van der Waals surface area contributed by atoms with E-state index in [2.05, 4.69) is 4.74 Å². The molecule has 0 bridgehead atoms. The summed E-state index contributed by atoms with van der Waals surface area (Å²) in [5.74, 6) is -5.91. The first-order valence-electron chi connectivity index (χ1n) is 4.05. The van der Waals surface area contributed by atoms with Crippen molar-refractivity contribution in [2.24, 2.45) is 0 Å². The van der Waals surface area contributed by atoms with E-state index in [1.165, 1.54) is 0 Å². The van der Waals surface area contributed by atoms with Crippen LogP contribution in [0.25, 0.3) is 0 Å². The lowest BCUT2D eigenvalue weighted by Gasteiger charge is -2.35. The van der Waals surface area contributed by atoms with Crippen LogP contribution in [0.4, 0.5) is 26.3 Å². The summed E-state index contributed by atoms with van der Waals surface area (Å²) in [7, 11) is 0. The maximum absolute atomic E-state index is 13.0. The summed E-state index contributed by atoms with van der Waals surface area (Å²) in [5.41, 5.74) is -5.47. The fraction of sp³-hybridized carbons (Fsp3) is 1.00. The fourth-order valence-corrected chi connectivity index (χ4v) is 2.30. The highest BCUT2D eigenvalue weighted by Gasteiger charge is 2.80. The van der Waals surface area contributed by atoms with Crippen molar-refractivity contribution < 1.29 is 31.1 Å². The van der Waals surface area contributed by atoms with Gasteiger partial charge in [-0.2, -0.15) is 26.3 Å². The van der Waals surface area contributed by atoms with Crippen molar-refractivity contribution in [2.45, 2.75) is 37.5 Å². The van der Waals surface area contributed by atoms with Crippen molar-refractivity contribution in [3.8, 4) is 0 Å². The second kappa shape index (κ2) is 4.95. The minimum atomic E-state index is -5.91. The molecule has 0 amide bonds. The van der Waals surface area contributed by atoms with Crippen LogP contribution in [0.1, 0.15) is 13.8 Å². The Kier molecular flexibility index (Phi) is 5.14. The molecule has 1 nitrogen and oxygen atoms in total. The molecule has 0 radical (unpaired) electrons. The van der Waals surface area contributed by atoms with E-state index in [0.717, 1.165) is 13.8 Å². The highest BCUT2D eigenvalue weighted by atomic mass is 35.8. The zero-order valence-corrected chi connectivity index (χ0v) is 11.7. The molecule has 17 heavy (non-hydrogen) atoms. The van der Waals surface area contributed by atoms with Crippen LogP contribution in [0.2, 0.25) is 0 Å². The molecule has 0 aromatic carbocycles. The number of hydrogen-bond donors (Lipinski definition) is 0. The molecule has 0 aliphatic carbocycles. The summed E-state index contributed by atoms with van der Waals surface area (Å²) in [6.07, 6.45) is -6.86. The Labute approximate surface area is 108 Å². The van der Waals surface area contributed by atoms with Crippen molar-refractivity contribution in [1.29, 1.82) is 0 Å². The highest BCUT2D eigenvalue weighted by molar-refractivity contribution is 7.65. The smallest absolute Gasteiger partial charge is 0.313 e. The molecule has 0 aliphatic rings. The second-order valence-corrected chi connectivity index (χ2v) is 11.8. The van der Waals surface area contributed by atoms with E-state index >= 15 is 0 Å². The van der Waals surface area contributed by atoms with Crippen molar-refractivity contribution in [3.05, 3.63) is 0 Å². The van der Waals surface area contributed by atoms with Crippen LogP contribution in [0.3, 0.4) is 0 Å². The molecule has 11 heteroatoms.